The first kappa shape index (κ1) is 13.5. The van der Waals surface area contributed by atoms with E-state index < -0.39 is 6.10 Å². The standard InChI is InChI=1S/C15H23NO2/c1-11(16-9-15(18)10-17)13-7-6-12-4-2-3-5-14(12)8-13/h6-8,11,15-18H,2-5,9-10H2,1H3. The highest BCUT2D eigenvalue weighted by molar-refractivity contribution is 5.35. The Morgan fingerprint density at radius 1 is 1.22 bits per heavy atom. The molecule has 100 valence electrons. The van der Waals surface area contributed by atoms with Gasteiger partial charge in [-0.3, -0.25) is 0 Å². The lowest BCUT2D eigenvalue weighted by Crippen LogP contribution is -2.31. The van der Waals surface area contributed by atoms with E-state index >= 15 is 0 Å². The van der Waals surface area contributed by atoms with Crippen LogP contribution in [0.3, 0.4) is 0 Å². The minimum Gasteiger partial charge on any atom is -0.394 e. The third kappa shape index (κ3) is 3.31. The van der Waals surface area contributed by atoms with Gasteiger partial charge < -0.3 is 15.5 Å². The van der Waals surface area contributed by atoms with Crippen molar-refractivity contribution >= 4 is 0 Å². The molecule has 0 saturated heterocycles. The van der Waals surface area contributed by atoms with Crippen molar-refractivity contribution in [3.63, 3.8) is 0 Å². The van der Waals surface area contributed by atoms with E-state index in [0.717, 1.165) is 0 Å². The number of nitrogens with one attached hydrogen (secondary N) is 1. The molecule has 0 heterocycles. The fourth-order valence-electron chi connectivity index (χ4n) is 2.52. The molecule has 3 nitrogen and oxygen atoms in total. The Hall–Kier alpha value is -0.900. The van der Waals surface area contributed by atoms with Gasteiger partial charge in [0.15, 0.2) is 0 Å². The van der Waals surface area contributed by atoms with Crippen molar-refractivity contribution in [1.29, 1.82) is 0 Å². The summed E-state index contributed by atoms with van der Waals surface area (Å²) in [6.07, 6.45) is 4.32. The summed E-state index contributed by atoms with van der Waals surface area (Å²) in [4.78, 5) is 0. The number of aliphatic hydroxyl groups is 2. The zero-order valence-corrected chi connectivity index (χ0v) is 11.0. The Balaban J connectivity index is 1.99. The third-order valence-corrected chi connectivity index (χ3v) is 3.74. The molecule has 0 aromatic heterocycles. The molecule has 0 saturated carbocycles. The van der Waals surface area contributed by atoms with Crippen LogP contribution >= 0.6 is 0 Å². The van der Waals surface area contributed by atoms with E-state index in [9.17, 15) is 5.11 Å². The van der Waals surface area contributed by atoms with Crippen LogP contribution in [0.5, 0.6) is 0 Å². The number of rotatable bonds is 5. The lowest BCUT2D eigenvalue weighted by atomic mass is 9.89. The molecule has 0 fully saturated rings. The molecule has 1 aromatic carbocycles. The number of fused-ring (bicyclic) bond motifs is 1. The van der Waals surface area contributed by atoms with Gasteiger partial charge in [0.2, 0.25) is 0 Å². The second-order valence-electron chi connectivity index (χ2n) is 5.20. The number of aryl methyl sites for hydroxylation is 2. The Morgan fingerprint density at radius 3 is 2.67 bits per heavy atom. The van der Waals surface area contributed by atoms with Gasteiger partial charge >= 0.3 is 0 Å². The number of aliphatic hydroxyl groups excluding tert-OH is 2. The highest BCUT2D eigenvalue weighted by Crippen LogP contribution is 2.24. The fraction of sp³-hybridized carbons (Fsp3) is 0.600. The summed E-state index contributed by atoms with van der Waals surface area (Å²) in [5.74, 6) is 0. The van der Waals surface area contributed by atoms with Crippen LogP contribution in [0.1, 0.15) is 42.5 Å². The first-order valence-corrected chi connectivity index (χ1v) is 6.84. The van der Waals surface area contributed by atoms with Gasteiger partial charge in [-0.25, -0.2) is 0 Å². The summed E-state index contributed by atoms with van der Waals surface area (Å²) < 4.78 is 0. The zero-order chi connectivity index (χ0) is 13.0. The second kappa shape index (κ2) is 6.32. The van der Waals surface area contributed by atoms with Crippen molar-refractivity contribution in [3.05, 3.63) is 34.9 Å². The number of hydrogen-bond acceptors (Lipinski definition) is 3. The average Bonchev–Trinajstić information content (AvgIpc) is 2.43. The summed E-state index contributed by atoms with van der Waals surface area (Å²) in [5, 5.41) is 21.4. The summed E-state index contributed by atoms with van der Waals surface area (Å²) in [5.41, 5.74) is 4.24. The second-order valence-corrected chi connectivity index (χ2v) is 5.20. The topological polar surface area (TPSA) is 52.5 Å². The van der Waals surface area contributed by atoms with E-state index in [0.29, 0.717) is 6.54 Å². The molecule has 0 amide bonds. The fourth-order valence-corrected chi connectivity index (χ4v) is 2.52. The molecule has 2 unspecified atom stereocenters. The van der Waals surface area contributed by atoms with Crippen LogP contribution in [0.15, 0.2) is 18.2 Å². The van der Waals surface area contributed by atoms with Crippen molar-refractivity contribution in [1.82, 2.24) is 5.32 Å². The Kier molecular flexibility index (Phi) is 4.75. The van der Waals surface area contributed by atoms with Gasteiger partial charge in [-0.1, -0.05) is 18.2 Å². The summed E-state index contributed by atoms with van der Waals surface area (Å²) in [7, 11) is 0. The highest BCUT2D eigenvalue weighted by Gasteiger charge is 2.13. The lowest BCUT2D eigenvalue weighted by molar-refractivity contribution is 0.0924. The molecule has 1 aliphatic rings. The van der Waals surface area contributed by atoms with Gasteiger partial charge in [0, 0.05) is 12.6 Å². The van der Waals surface area contributed by atoms with Crippen molar-refractivity contribution in [3.8, 4) is 0 Å². The van der Waals surface area contributed by atoms with E-state index in [1.807, 2.05) is 0 Å². The van der Waals surface area contributed by atoms with E-state index in [2.05, 4.69) is 30.4 Å². The molecular weight excluding hydrogens is 226 g/mol. The largest absolute Gasteiger partial charge is 0.394 e. The lowest BCUT2D eigenvalue weighted by Gasteiger charge is -2.20. The molecule has 0 radical (unpaired) electrons. The highest BCUT2D eigenvalue weighted by atomic mass is 16.3. The molecule has 1 aromatic rings. The molecule has 0 bridgehead atoms. The molecule has 2 atom stereocenters. The summed E-state index contributed by atoms with van der Waals surface area (Å²) in [6.45, 7) is 2.33. The molecule has 18 heavy (non-hydrogen) atoms. The first-order chi connectivity index (χ1) is 8.70. The van der Waals surface area contributed by atoms with Crippen molar-refractivity contribution in [2.45, 2.75) is 44.8 Å². The van der Waals surface area contributed by atoms with Gasteiger partial charge in [-0.2, -0.15) is 0 Å². The third-order valence-electron chi connectivity index (χ3n) is 3.74. The van der Waals surface area contributed by atoms with Gasteiger partial charge in [-0.05, 0) is 49.3 Å². The van der Waals surface area contributed by atoms with E-state index in [1.165, 1.54) is 42.4 Å². The molecular formula is C15H23NO2. The van der Waals surface area contributed by atoms with Crippen LogP contribution in [-0.2, 0) is 12.8 Å². The zero-order valence-electron chi connectivity index (χ0n) is 11.0. The minimum atomic E-state index is -0.676. The van der Waals surface area contributed by atoms with Crippen LogP contribution in [0.4, 0.5) is 0 Å². The van der Waals surface area contributed by atoms with Crippen LogP contribution in [0.25, 0.3) is 0 Å². The maximum atomic E-state index is 9.33. The SMILES string of the molecule is CC(NCC(O)CO)c1ccc2c(c1)CCCC2. The van der Waals surface area contributed by atoms with Crippen LogP contribution in [-0.4, -0.2) is 29.5 Å². The van der Waals surface area contributed by atoms with Gasteiger partial charge in [0.1, 0.15) is 0 Å². The Bertz CT molecular complexity index is 392. The monoisotopic (exact) mass is 249 g/mol. The molecule has 0 spiro atoms. The maximum absolute atomic E-state index is 9.33. The predicted molar refractivity (Wildman–Crippen MR) is 72.6 cm³/mol. The van der Waals surface area contributed by atoms with E-state index in [4.69, 9.17) is 5.11 Å². The number of hydrogen-bond donors (Lipinski definition) is 3. The molecule has 0 aliphatic heterocycles. The number of benzene rings is 1. The Labute approximate surface area is 109 Å². The van der Waals surface area contributed by atoms with Gasteiger partial charge in [-0.15, -0.1) is 0 Å². The summed E-state index contributed by atoms with van der Waals surface area (Å²) in [6, 6.07) is 6.91. The minimum absolute atomic E-state index is 0.191. The van der Waals surface area contributed by atoms with E-state index in [1.54, 1.807) is 0 Å². The normalized spacial score (nSPS) is 18.2. The quantitative estimate of drug-likeness (QED) is 0.742. The van der Waals surface area contributed by atoms with Crippen LogP contribution < -0.4 is 5.32 Å². The van der Waals surface area contributed by atoms with E-state index in [-0.39, 0.29) is 12.6 Å². The van der Waals surface area contributed by atoms with Crippen LogP contribution in [0.2, 0.25) is 0 Å². The van der Waals surface area contributed by atoms with Crippen molar-refractivity contribution in [2.24, 2.45) is 0 Å². The van der Waals surface area contributed by atoms with Gasteiger partial charge in [0.05, 0.1) is 12.7 Å². The average molecular weight is 249 g/mol. The van der Waals surface area contributed by atoms with Crippen LogP contribution in [0, 0.1) is 0 Å². The molecule has 3 heteroatoms. The van der Waals surface area contributed by atoms with Crippen molar-refractivity contribution in [2.75, 3.05) is 13.2 Å². The van der Waals surface area contributed by atoms with Crippen molar-refractivity contribution < 1.29 is 10.2 Å². The summed E-state index contributed by atoms with van der Waals surface area (Å²) >= 11 is 0. The Morgan fingerprint density at radius 2 is 1.94 bits per heavy atom. The first-order valence-electron chi connectivity index (χ1n) is 6.84. The predicted octanol–water partition coefficient (Wildman–Crippen LogP) is 1.57. The molecule has 3 N–H and O–H groups in total. The maximum Gasteiger partial charge on any atom is 0.0895 e. The smallest absolute Gasteiger partial charge is 0.0895 e. The van der Waals surface area contributed by atoms with Gasteiger partial charge in [0.25, 0.3) is 0 Å². The molecule has 1 aliphatic carbocycles. The molecule has 2 rings (SSSR count).